The van der Waals surface area contributed by atoms with E-state index in [1.54, 1.807) is 0 Å². The van der Waals surface area contributed by atoms with Crippen molar-refractivity contribution in [2.75, 3.05) is 5.75 Å². The van der Waals surface area contributed by atoms with Crippen LogP contribution in [-0.4, -0.2) is 28.3 Å². The lowest BCUT2D eigenvalue weighted by Crippen LogP contribution is -2.57. The SMILES string of the molecule is CC(=O)N[C@](CS)(Cc1ccccc1C)C(=O)O. The molecule has 98 valence electrons. The zero-order valence-corrected chi connectivity index (χ0v) is 11.3. The number of carboxylic acids is 1. The molecule has 2 N–H and O–H groups in total. The first kappa shape index (κ1) is 14.6. The molecule has 0 aromatic heterocycles. The number of aryl methyl sites for hydroxylation is 1. The molecule has 5 heteroatoms. The largest absolute Gasteiger partial charge is 0.479 e. The van der Waals surface area contributed by atoms with Crippen LogP contribution >= 0.6 is 12.6 Å². The van der Waals surface area contributed by atoms with Gasteiger partial charge >= 0.3 is 5.97 Å². The molecule has 4 nitrogen and oxygen atoms in total. The number of carboxylic acid groups (broad SMARTS) is 1. The molecule has 1 atom stereocenters. The highest BCUT2D eigenvalue weighted by molar-refractivity contribution is 7.80. The minimum atomic E-state index is -1.36. The summed E-state index contributed by atoms with van der Waals surface area (Å²) in [6.45, 7) is 3.22. The Bertz CT molecular complexity index is 461. The predicted octanol–water partition coefficient (Wildman–Crippen LogP) is 1.43. The van der Waals surface area contributed by atoms with Gasteiger partial charge < -0.3 is 10.4 Å². The summed E-state index contributed by atoms with van der Waals surface area (Å²) in [7, 11) is 0. The van der Waals surface area contributed by atoms with E-state index in [2.05, 4.69) is 17.9 Å². The average Bonchev–Trinajstić information content (AvgIpc) is 2.30. The Morgan fingerprint density at radius 3 is 2.44 bits per heavy atom. The molecule has 0 aliphatic rings. The maximum absolute atomic E-state index is 11.4. The quantitative estimate of drug-likeness (QED) is 0.707. The van der Waals surface area contributed by atoms with Crippen LogP contribution in [0.15, 0.2) is 24.3 Å². The molecular weight excluding hydrogens is 250 g/mol. The Hall–Kier alpha value is -1.49. The number of rotatable bonds is 5. The number of nitrogens with one attached hydrogen (secondary N) is 1. The third-order valence-electron chi connectivity index (χ3n) is 2.85. The molecule has 18 heavy (non-hydrogen) atoms. The predicted molar refractivity (Wildman–Crippen MR) is 72.9 cm³/mol. The molecule has 1 rings (SSSR count). The zero-order chi connectivity index (χ0) is 13.8. The van der Waals surface area contributed by atoms with E-state index in [1.165, 1.54) is 6.92 Å². The third kappa shape index (κ3) is 3.26. The van der Waals surface area contributed by atoms with E-state index in [9.17, 15) is 14.7 Å². The topological polar surface area (TPSA) is 66.4 Å². The van der Waals surface area contributed by atoms with Crippen molar-refractivity contribution in [1.29, 1.82) is 0 Å². The molecule has 1 amide bonds. The summed E-state index contributed by atoms with van der Waals surface area (Å²) in [5.74, 6) is -1.41. The van der Waals surface area contributed by atoms with Gasteiger partial charge in [0.15, 0.2) is 5.54 Å². The lowest BCUT2D eigenvalue weighted by molar-refractivity contribution is -0.146. The van der Waals surface area contributed by atoms with E-state index in [0.29, 0.717) is 0 Å². The number of benzene rings is 1. The Balaban J connectivity index is 3.09. The van der Waals surface area contributed by atoms with Gasteiger partial charge in [-0.05, 0) is 18.1 Å². The molecule has 0 aliphatic heterocycles. The number of thiol groups is 1. The number of hydrogen-bond donors (Lipinski definition) is 3. The van der Waals surface area contributed by atoms with Crippen LogP contribution in [-0.2, 0) is 16.0 Å². The van der Waals surface area contributed by atoms with Crippen LogP contribution in [0.3, 0.4) is 0 Å². The number of carbonyl (C=O) groups excluding carboxylic acids is 1. The van der Waals surface area contributed by atoms with Crippen molar-refractivity contribution in [1.82, 2.24) is 5.32 Å². The fourth-order valence-electron chi connectivity index (χ4n) is 1.81. The maximum atomic E-state index is 11.4. The summed E-state index contributed by atoms with van der Waals surface area (Å²) in [4.78, 5) is 22.6. The zero-order valence-electron chi connectivity index (χ0n) is 10.4. The Morgan fingerprint density at radius 2 is 2.00 bits per heavy atom. The van der Waals surface area contributed by atoms with Gasteiger partial charge in [0.1, 0.15) is 0 Å². The molecule has 0 aliphatic carbocycles. The lowest BCUT2D eigenvalue weighted by atomic mass is 9.90. The molecule has 0 radical (unpaired) electrons. The first-order chi connectivity index (χ1) is 8.41. The van der Waals surface area contributed by atoms with Gasteiger partial charge in [-0.3, -0.25) is 4.79 Å². The van der Waals surface area contributed by atoms with Crippen LogP contribution in [0, 0.1) is 6.92 Å². The van der Waals surface area contributed by atoms with E-state index < -0.39 is 11.5 Å². The minimum Gasteiger partial charge on any atom is -0.479 e. The fourth-order valence-corrected chi connectivity index (χ4v) is 2.13. The van der Waals surface area contributed by atoms with Crippen molar-refractivity contribution in [3.8, 4) is 0 Å². The van der Waals surface area contributed by atoms with Crippen molar-refractivity contribution in [3.63, 3.8) is 0 Å². The molecule has 0 heterocycles. The van der Waals surface area contributed by atoms with E-state index in [-0.39, 0.29) is 18.1 Å². The van der Waals surface area contributed by atoms with Gasteiger partial charge in [0.25, 0.3) is 0 Å². The summed E-state index contributed by atoms with van der Waals surface area (Å²) in [5, 5.41) is 11.9. The summed E-state index contributed by atoms with van der Waals surface area (Å²) in [6, 6.07) is 7.51. The number of carbonyl (C=O) groups is 2. The monoisotopic (exact) mass is 267 g/mol. The molecular formula is C13H17NO3S. The van der Waals surface area contributed by atoms with Crippen molar-refractivity contribution < 1.29 is 14.7 Å². The van der Waals surface area contributed by atoms with Crippen LogP contribution < -0.4 is 5.32 Å². The number of amides is 1. The van der Waals surface area contributed by atoms with Crippen molar-refractivity contribution in [2.45, 2.75) is 25.8 Å². The van der Waals surface area contributed by atoms with Crippen LogP contribution in [0.5, 0.6) is 0 Å². The number of aliphatic carboxylic acids is 1. The Labute approximate surface area is 112 Å². The van der Waals surface area contributed by atoms with E-state index in [4.69, 9.17) is 0 Å². The first-order valence-corrected chi connectivity index (χ1v) is 6.22. The second-order valence-electron chi connectivity index (χ2n) is 4.33. The van der Waals surface area contributed by atoms with Gasteiger partial charge in [-0.1, -0.05) is 24.3 Å². The van der Waals surface area contributed by atoms with Crippen LogP contribution in [0.4, 0.5) is 0 Å². The smallest absolute Gasteiger partial charge is 0.330 e. The van der Waals surface area contributed by atoms with Gasteiger partial charge in [-0.15, -0.1) is 0 Å². The van der Waals surface area contributed by atoms with E-state index in [0.717, 1.165) is 11.1 Å². The van der Waals surface area contributed by atoms with Crippen molar-refractivity contribution in [3.05, 3.63) is 35.4 Å². The van der Waals surface area contributed by atoms with Crippen molar-refractivity contribution in [2.24, 2.45) is 0 Å². The molecule has 0 fully saturated rings. The summed E-state index contributed by atoms with van der Waals surface area (Å²) < 4.78 is 0. The molecule has 1 aromatic carbocycles. The Kier molecular flexibility index (Phi) is 4.78. The third-order valence-corrected chi connectivity index (χ3v) is 3.39. The summed E-state index contributed by atoms with van der Waals surface area (Å²) in [5.41, 5.74) is 0.527. The van der Waals surface area contributed by atoms with E-state index in [1.807, 2.05) is 31.2 Å². The second-order valence-corrected chi connectivity index (χ2v) is 4.65. The van der Waals surface area contributed by atoms with Gasteiger partial charge in [-0.25, -0.2) is 4.79 Å². The molecule has 0 saturated heterocycles. The van der Waals surface area contributed by atoms with Gasteiger partial charge in [0.2, 0.25) is 5.91 Å². The fraction of sp³-hybridized carbons (Fsp3) is 0.385. The van der Waals surface area contributed by atoms with Crippen LogP contribution in [0.1, 0.15) is 18.1 Å². The van der Waals surface area contributed by atoms with Gasteiger partial charge in [0, 0.05) is 19.1 Å². The highest BCUT2D eigenvalue weighted by atomic mass is 32.1. The molecule has 0 bridgehead atoms. The average molecular weight is 267 g/mol. The van der Waals surface area contributed by atoms with Crippen molar-refractivity contribution >= 4 is 24.5 Å². The molecule has 0 spiro atoms. The van der Waals surface area contributed by atoms with Gasteiger partial charge in [-0.2, -0.15) is 12.6 Å². The highest BCUT2D eigenvalue weighted by Gasteiger charge is 2.38. The summed E-state index contributed by atoms with van der Waals surface area (Å²) >= 11 is 4.08. The normalized spacial score (nSPS) is 13.7. The second kappa shape index (κ2) is 5.91. The highest BCUT2D eigenvalue weighted by Crippen LogP contribution is 2.19. The summed E-state index contributed by atoms with van der Waals surface area (Å²) in [6.07, 6.45) is 0.220. The molecule has 0 unspecified atom stereocenters. The Morgan fingerprint density at radius 1 is 1.39 bits per heavy atom. The van der Waals surface area contributed by atoms with E-state index >= 15 is 0 Å². The van der Waals surface area contributed by atoms with Gasteiger partial charge in [0.05, 0.1) is 0 Å². The number of hydrogen-bond acceptors (Lipinski definition) is 3. The first-order valence-electron chi connectivity index (χ1n) is 5.59. The minimum absolute atomic E-state index is 0.0379. The lowest BCUT2D eigenvalue weighted by Gasteiger charge is -2.29. The molecule has 1 aromatic rings. The van der Waals surface area contributed by atoms with Crippen LogP contribution in [0.25, 0.3) is 0 Å². The van der Waals surface area contributed by atoms with Crippen LogP contribution in [0.2, 0.25) is 0 Å². The maximum Gasteiger partial charge on any atom is 0.330 e. The molecule has 0 saturated carbocycles. The standard InChI is InChI=1S/C13H17NO3S/c1-9-5-3-4-6-11(9)7-13(8-18,12(16)17)14-10(2)15/h3-6,18H,7-8H2,1-2H3,(H,14,15)(H,16,17)/t13-/m0/s1.